The highest BCUT2D eigenvalue weighted by atomic mass is 14.3. The van der Waals surface area contributed by atoms with Crippen molar-refractivity contribution in [2.45, 2.75) is 199 Å². The molecular formula is C41H90. The predicted molar refractivity (Wildman–Crippen MR) is 197 cm³/mol. The van der Waals surface area contributed by atoms with Crippen LogP contribution in [-0.2, 0) is 0 Å². The monoisotopic (exact) mass is 583 g/mol. The lowest BCUT2D eigenvalue weighted by Crippen LogP contribution is -2.27. The highest BCUT2D eigenvalue weighted by molar-refractivity contribution is 4.79. The average Bonchev–Trinajstić information content (AvgIpc) is 2.68. The van der Waals surface area contributed by atoms with E-state index in [0.29, 0.717) is 32.5 Å². The van der Waals surface area contributed by atoms with Gasteiger partial charge in [0.1, 0.15) is 0 Å². The van der Waals surface area contributed by atoms with Gasteiger partial charge in [-0.15, -0.1) is 0 Å². The van der Waals surface area contributed by atoms with Gasteiger partial charge in [-0.25, -0.2) is 0 Å². The molecule has 0 nitrogen and oxygen atoms in total. The van der Waals surface area contributed by atoms with Crippen molar-refractivity contribution in [2.24, 2.45) is 68.0 Å². The molecule has 254 valence electrons. The molecule has 0 aliphatic heterocycles. The standard InChI is InChI=1S/C14H30.C13H28.2C7H16/c1-9-12(14(6,7)8)10-11(2)13(3,4)5;1-10(12(3,4)5)9-11(2)13(6,7)8;2*1-6(2)7(3,4)5/h11-12H,9-10H2,1-8H3;10-11H,9H2,1-8H3;2*6H,1-5H3. The Morgan fingerprint density at radius 2 is 0.512 bits per heavy atom. The van der Waals surface area contributed by atoms with Crippen molar-refractivity contribution >= 4 is 0 Å². The van der Waals surface area contributed by atoms with Gasteiger partial charge >= 0.3 is 0 Å². The van der Waals surface area contributed by atoms with Gasteiger partial charge in [-0.1, -0.05) is 186 Å². The molecule has 0 aromatic heterocycles. The van der Waals surface area contributed by atoms with E-state index in [-0.39, 0.29) is 0 Å². The van der Waals surface area contributed by atoms with E-state index in [1.807, 2.05) is 0 Å². The van der Waals surface area contributed by atoms with Crippen molar-refractivity contribution in [3.8, 4) is 0 Å². The lowest BCUT2D eigenvalue weighted by atomic mass is 9.69. The van der Waals surface area contributed by atoms with Crippen LogP contribution in [0.4, 0.5) is 0 Å². The van der Waals surface area contributed by atoms with Crippen LogP contribution < -0.4 is 0 Å². The van der Waals surface area contributed by atoms with Crippen LogP contribution in [0.15, 0.2) is 0 Å². The third-order valence-electron chi connectivity index (χ3n) is 11.0. The van der Waals surface area contributed by atoms with Gasteiger partial charge < -0.3 is 0 Å². The minimum atomic E-state index is 0.457. The van der Waals surface area contributed by atoms with E-state index >= 15 is 0 Å². The van der Waals surface area contributed by atoms with Gasteiger partial charge in [0.25, 0.3) is 0 Å². The summed E-state index contributed by atoms with van der Waals surface area (Å²) >= 11 is 0. The van der Waals surface area contributed by atoms with E-state index in [0.717, 1.165) is 35.5 Å². The number of rotatable bonds is 5. The highest BCUT2D eigenvalue weighted by Gasteiger charge is 2.29. The van der Waals surface area contributed by atoms with Gasteiger partial charge in [0, 0.05) is 0 Å². The zero-order valence-electron chi connectivity index (χ0n) is 34.6. The van der Waals surface area contributed by atoms with Gasteiger partial charge in [0.05, 0.1) is 0 Å². The summed E-state index contributed by atoms with van der Waals surface area (Å²) in [5.41, 5.74) is 2.84. The topological polar surface area (TPSA) is 0 Å². The highest BCUT2D eigenvalue weighted by Crippen LogP contribution is 2.39. The lowest BCUT2D eigenvalue weighted by molar-refractivity contribution is 0.141. The SMILES string of the molecule is CC(C)C(C)(C)C.CC(C)C(C)(C)C.CC(CC(C)C(C)(C)C)C(C)(C)C.CCC(CC(C)C(C)(C)C)C(C)(C)C. The molecule has 0 aromatic carbocycles. The Hall–Kier alpha value is 0. The molecule has 4 atom stereocenters. The van der Waals surface area contributed by atoms with Crippen LogP contribution in [0.5, 0.6) is 0 Å². The van der Waals surface area contributed by atoms with Crippen LogP contribution in [0.25, 0.3) is 0 Å². The molecule has 0 fully saturated rings. The molecule has 0 radical (unpaired) electrons. The molecule has 0 amide bonds. The molecule has 0 bridgehead atoms. The van der Waals surface area contributed by atoms with E-state index in [2.05, 4.69) is 180 Å². The molecule has 0 saturated carbocycles. The molecule has 0 spiro atoms. The van der Waals surface area contributed by atoms with E-state index in [1.54, 1.807) is 0 Å². The van der Waals surface area contributed by atoms with Gasteiger partial charge in [0.2, 0.25) is 0 Å². The zero-order chi connectivity index (χ0) is 34.6. The molecule has 0 rings (SSSR count). The van der Waals surface area contributed by atoms with Crippen LogP contribution in [-0.4, -0.2) is 0 Å². The smallest absolute Gasteiger partial charge is 0.0354 e. The first-order valence-electron chi connectivity index (χ1n) is 17.5. The van der Waals surface area contributed by atoms with Crippen molar-refractivity contribution in [2.75, 3.05) is 0 Å². The molecule has 0 aliphatic rings. The molecular weight excluding hydrogens is 492 g/mol. The maximum atomic E-state index is 2.40. The quantitative estimate of drug-likeness (QED) is 0.302. The predicted octanol–water partition coefficient (Wildman–Crippen LogP) is 15.2. The first-order valence-corrected chi connectivity index (χ1v) is 17.5. The fraction of sp³-hybridized carbons (Fsp3) is 1.00. The first-order chi connectivity index (χ1) is 17.5. The van der Waals surface area contributed by atoms with Crippen LogP contribution in [0, 0.1) is 68.0 Å². The summed E-state index contributed by atoms with van der Waals surface area (Å²) < 4.78 is 0. The molecule has 0 saturated heterocycles. The first kappa shape index (κ1) is 47.9. The summed E-state index contributed by atoms with van der Waals surface area (Å²) in [6, 6.07) is 0. The Morgan fingerprint density at radius 1 is 0.317 bits per heavy atom. The molecule has 4 unspecified atom stereocenters. The van der Waals surface area contributed by atoms with E-state index in [4.69, 9.17) is 0 Å². The Labute approximate surface area is 266 Å². The van der Waals surface area contributed by atoms with Crippen LogP contribution in [0.2, 0.25) is 0 Å². The third kappa shape index (κ3) is 27.3. The van der Waals surface area contributed by atoms with Crippen molar-refractivity contribution in [3.63, 3.8) is 0 Å². The van der Waals surface area contributed by atoms with Gasteiger partial charge in [-0.3, -0.25) is 0 Å². The van der Waals surface area contributed by atoms with Crippen LogP contribution >= 0.6 is 0 Å². The summed E-state index contributed by atoms with van der Waals surface area (Å²) in [6.45, 7) is 60.3. The average molecular weight is 583 g/mol. The summed E-state index contributed by atoms with van der Waals surface area (Å²) in [5, 5.41) is 0. The zero-order valence-corrected chi connectivity index (χ0v) is 34.6. The van der Waals surface area contributed by atoms with E-state index < -0.39 is 0 Å². The minimum Gasteiger partial charge on any atom is -0.0651 e. The lowest BCUT2D eigenvalue weighted by Gasteiger charge is -2.36. The molecule has 0 aromatic rings. The largest absolute Gasteiger partial charge is 0.0651 e. The molecule has 41 heavy (non-hydrogen) atoms. The summed E-state index contributed by atoms with van der Waals surface area (Å²) in [7, 11) is 0. The number of hydrogen-bond donors (Lipinski definition) is 0. The Morgan fingerprint density at radius 3 is 0.634 bits per heavy atom. The molecule has 0 aliphatic carbocycles. The maximum absolute atomic E-state index is 2.40. The van der Waals surface area contributed by atoms with E-state index in [1.165, 1.54) is 19.3 Å². The van der Waals surface area contributed by atoms with E-state index in [9.17, 15) is 0 Å². The fourth-order valence-corrected chi connectivity index (χ4v) is 3.15. The Balaban J connectivity index is -0.000000234. The van der Waals surface area contributed by atoms with Crippen molar-refractivity contribution < 1.29 is 0 Å². The second-order valence-electron chi connectivity index (χ2n) is 20.8. The van der Waals surface area contributed by atoms with Gasteiger partial charge in [-0.2, -0.15) is 0 Å². The normalized spacial score (nSPS) is 16.4. The number of hydrogen-bond acceptors (Lipinski definition) is 0. The molecule has 0 N–H and O–H groups in total. The summed E-state index contributed by atoms with van der Waals surface area (Å²) in [6.07, 6.45) is 4.01. The Kier molecular flexibility index (Phi) is 21.9. The summed E-state index contributed by atoms with van der Waals surface area (Å²) in [5.74, 6) is 4.88. The fourth-order valence-electron chi connectivity index (χ4n) is 3.15. The van der Waals surface area contributed by atoms with Crippen molar-refractivity contribution in [1.29, 1.82) is 0 Å². The minimum absolute atomic E-state index is 0.457. The molecule has 0 heteroatoms. The van der Waals surface area contributed by atoms with Crippen LogP contribution in [0.1, 0.15) is 199 Å². The second kappa shape index (κ2) is 18.7. The van der Waals surface area contributed by atoms with Gasteiger partial charge in [-0.05, 0) is 80.8 Å². The van der Waals surface area contributed by atoms with Crippen LogP contribution in [0.3, 0.4) is 0 Å². The second-order valence-corrected chi connectivity index (χ2v) is 20.8. The third-order valence-corrected chi connectivity index (χ3v) is 11.0. The van der Waals surface area contributed by atoms with Crippen molar-refractivity contribution in [3.05, 3.63) is 0 Å². The molecule has 0 heterocycles. The van der Waals surface area contributed by atoms with Gasteiger partial charge in [0.15, 0.2) is 0 Å². The Bertz CT molecular complexity index is 568. The summed E-state index contributed by atoms with van der Waals surface area (Å²) in [4.78, 5) is 0. The van der Waals surface area contributed by atoms with Crippen molar-refractivity contribution in [1.82, 2.24) is 0 Å². The maximum Gasteiger partial charge on any atom is -0.0354 e.